The number of aromatic nitrogens is 4. The number of hydrogen-bond acceptors (Lipinski definition) is 5. The highest BCUT2D eigenvalue weighted by molar-refractivity contribution is 5.91. The Labute approximate surface area is 227 Å². The summed E-state index contributed by atoms with van der Waals surface area (Å²) in [6, 6.07) is 20.6. The molecule has 8 heteroatoms. The molecule has 198 valence electrons. The van der Waals surface area contributed by atoms with Crippen molar-refractivity contribution in [1.29, 1.82) is 0 Å². The first kappa shape index (κ1) is 24.9. The number of amides is 2. The molecular weight excluding hydrogens is 486 g/mol. The van der Waals surface area contributed by atoms with Gasteiger partial charge >= 0.3 is 6.03 Å². The average molecular weight is 520 g/mol. The van der Waals surface area contributed by atoms with E-state index in [2.05, 4.69) is 62.5 Å². The molecule has 4 N–H and O–H groups in total. The van der Waals surface area contributed by atoms with Gasteiger partial charge < -0.3 is 16.4 Å². The molecule has 6 rings (SSSR count). The minimum Gasteiger partial charge on any atom is -0.382 e. The summed E-state index contributed by atoms with van der Waals surface area (Å²) < 4.78 is 2.12. The quantitative estimate of drug-likeness (QED) is 0.263. The largest absolute Gasteiger partial charge is 0.382 e. The summed E-state index contributed by atoms with van der Waals surface area (Å²) in [7, 11) is 0. The molecule has 0 radical (unpaired) electrons. The lowest BCUT2D eigenvalue weighted by Crippen LogP contribution is -2.38. The number of rotatable bonds is 6. The van der Waals surface area contributed by atoms with Crippen LogP contribution in [-0.4, -0.2) is 38.5 Å². The maximum Gasteiger partial charge on any atom is 0.314 e. The summed E-state index contributed by atoms with van der Waals surface area (Å²) >= 11 is 0. The molecule has 39 heavy (non-hydrogen) atoms. The van der Waals surface area contributed by atoms with Gasteiger partial charge in [-0.25, -0.2) is 19.7 Å². The summed E-state index contributed by atoms with van der Waals surface area (Å²) in [6.45, 7) is 3.26. The van der Waals surface area contributed by atoms with E-state index >= 15 is 0 Å². The second-order valence-electron chi connectivity index (χ2n) is 10.3. The van der Waals surface area contributed by atoms with Crippen LogP contribution in [0.1, 0.15) is 44.3 Å². The molecule has 0 atom stereocenters. The molecule has 1 aliphatic carbocycles. The number of benzene rings is 2. The predicted molar refractivity (Wildman–Crippen MR) is 155 cm³/mol. The highest BCUT2D eigenvalue weighted by Gasteiger charge is 2.28. The number of anilines is 1. The van der Waals surface area contributed by atoms with Gasteiger partial charge in [0.1, 0.15) is 22.9 Å². The second kappa shape index (κ2) is 10.7. The van der Waals surface area contributed by atoms with E-state index in [1.807, 2.05) is 31.3 Å². The zero-order valence-electron chi connectivity index (χ0n) is 22.1. The Hall–Kier alpha value is -4.46. The predicted octanol–water partition coefficient (Wildman–Crippen LogP) is 5.79. The summed E-state index contributed by atoms with van der Waals surface area (Å²) in [4.78, 5) is 26.3. The second-order valence-corrected chi connectivity index (χ2v) is 10.3. The number of urea groups is 1. The lowest BCUT2D eigenvalue weighted by atomic mass is 9.81. The SMILES string of the molecule is CCNC(=O)NCC1CCC(c2nc(-c3ccc4ccc(-c5ccccc5)nc4c3)c3c(N)nccn23)CC1. The van der Waals surface area contributed by atoms with Crippen LogP contribution in [0.3, 0.4) is 0 Å². The van der Waals surface area contributed by atoms with E-state index in [9.17, 15) is 4.79 Å². The van der Waals surface area contributed by atoms with Crippen LogP contribution in [0.5, 0.6) is 0 Å². The van der Waals surface area contributed by atoms with Gasteiger partial charge in [-0.2, -0.15) is 0 Å². The minimum absolute atomic E-state index is 0.0905. The first-order valence-electron chi connectivity index (χ1n) is 13.7. The lowest BCUT2D eigenvalue weighted by Gasteiger charge is -2.28. The first-order chi connectivity index (χ1) is 19.1. The fourth-order valence-corrected chi connectivity index (χ4v) is 5.70. The maximum atomic E-state index is 11.8. The Morgan fingerprint density at radius 2 is 1.77 bits per heavy atom. The van der Waals surface area contributed by atoms with E-state index < -0.39 is 0 Å². The van der Waals surface area contributed by atoms with Gasteiger partial charge in [0.25, 0.3) is 0 Å². The van der Waals surface area contributed by atoms with Crippen molar-refractivity contribution in [1.82, 2.24) is 30.0 Å². The zero-order valence-corrected chi connectivity index (χ0v) is 22.1. The Bertz CT molecular complexity index is 1620. The van der Waals surface area contributed by atoms with Gasteiger partial charge in [0.15, 0.2) is 0 Å². The zero-order chi connectivity index (χ0) is 26.8. The van der Waals surface area contributed by atoms with Crippen molar-refractivity contribution in [3.63, 3.8) is 0 Å². The van der Waals surface area contributed by atoms with Gasteiger partial charge in [-0.15, -0.1) is 0 Å². The number of hydrogen-bond donors (Lipinski definition) is 3. The van der Waals surface area contributed by atoms with E-state index in [1.54, 1.807) is 6.20 Å². The Morgan fingerprint density at radius 1 is 0.974 bits per heavy atom. The van der Waals surface area contributed by atoms with Crippen molar-refractivity contribution >= 4 is 28.3 Å². The van der Waals surface area contributed by atoms with Crippen molar-refractivity contribution in [2.45, 2.75) is 38.5 Å². The van der Waals surface area contributed by atoms with Crippen LogP contribution < -0.4 is 16.4 Å². The Kier molecular flexibility index (Phi) is 6.84. The van der Waals surface area contributed by atoms with Crippen LogP contribution in [-0.2, 0) is 0 Å². The Balaban J connectivity index is 1.31. The molecule has 0 spiro atoms. The van der Waals surface area contributed by atoms with E-state index in [0.29, 0.717) is 30.7 Å². The van der Waals surface area contributed by atoms with Crippen molar-refractivity contribution in [3.8, 4) is 22.5 Å². The van der Waals surface area contributed by atoms with Crippen LogP contribution >= 0.6 is 0 Å². The van der Waals surface area contributed by atoms with Crippen LogP contribution in [0.2, 0.25) is 0 Å². The smallest absolute Gasteiger partial charge is 0.314 e. The Morgan fingerprint density at radius 3 is 2.56 bits per heavy atom. The number of pyridine rings is 1. The van der Waals surface area contributed by atoms with E-state index in [-0.39, 0.29) is 6.03 Å². The van der Waals surface area contributed by atoms with Gasteiger partial charge in [-0.1, -0.05) is 48.5 Å². The molecule has 2 aromatic carbocycles. The average Bonchev–Trinajstić information content (AvgIpc) is 3.37. The highest BCUT2D eigenvalue weighted by atomic mass is 16.2. The lowest BCUT2D eigenvalue weighted by molar-refractivity contribution is 0.235. The third kappa shape index (κ3) is 5.02. The summed E-state index contributed by atoms with van der Waals surface area (Å²) in [6.07, 6.45) is 7.83. The summed E-state index contributed by atoms with van der Waals surface area (Å²) in [5, 5.41) is 6.87. The monoisotopic (exact) mass is 519 g/mol. The number of fused-ring (bicyclic) bond motifs is 2. The molecular formula is C31H33N7O. The fourth-order valence-electron chi connectivity index (χ4n) is 5.70. The molecule has 8 nitrogen and oxygen atoms in total. The molecule has 0 bridgehead atoms. The van der Waals surface area contributed by atoms with Crippen LogP contribution in [0.4, 0.5) is 10.6 Å². The van der Waals surface area contributed by atoms with Crippen molar-refractivity contribution in [3.05, 3.63) is 78.9 Å². The molecule has 5 aromatic rings. The molecule has 1 fully saturated rings. The van der Waals surface area contributed by atoms with Crippen LogP contribution in [0.15, 0.2) is 73.1 Å². The van der Waals surface area contributed by atoms with Crippen molar-refractivity contribution in [2.75, 3.05) is 18.8 Å². The van der Waals surface area contributed by atoms with E-state index in [0.717, 1.165) is 70.4 Å². The maximum absolute atomic E-state index is 11.8. The molecule has 0 aliphatic heterocycles. The normalized spacial score (nSPS) is 17.4. The van der Waals surface area contributed by atoms with Gasteiger partial charge in [0.2, 0.25) is 0 Å². The van der Waals surface area contributed by atoms with Crippen molar-refractivity contribution < 1.29 is 4.79 Å². The number of imidazole rings is 1. The molecule has 1 aliphatic rings. The molecule has 0 unspecified atom stereocenters. The highest BCUT2D eigenvalue weighted by Crippen LogP contribution is 2.39. The summed E-state index contributed by atoms with van der Waals surface area (Å²) in [5.74, 6) is 2.29. The number of nitrogens with zero attached hydrogens (tertiary/aromatic N) is 4. The standard InChI is InChI=1S/C31H33N7O/c1-2-33-31(39)35-19-20-8-10-23(11-9-20)30-37-27(28-29(32)34-16-17-38(28)30)24-13-12-22-14-15-25(36-26(22)18-24)21-6-4-3-5-7-21/h3-7,12-18,20,23H,2,8-11,19H2,1H3,(H2,32,34)(H2,33,35,39). The summed E-state index contributed by atoms with van der Waals surface area (Å²) in [5.41, 5.74) is 12.0. The van der Waals surface area contributed by atoms with Crippen LogP contribution in [0.25, 0.3) is 38.9 Å². The van der Waals surface area contributed by atoms with Gasteiger partial charge in [0, 0.05) is 47.9 Å². The molecule has 3 heterocycles. The van der Waals surface area contributed by atoms with E-state index in [4.69, 9.17) is 15.7 Å². The third-order valence-corrected chi connectivity index (χ3v) is 7.75. The fraction of sp³-hybridized carbons (Fsp3) is 0.290. The molecule has 3 aromatic heterocycles. The van der Waals surface area contributed by atoms with Gasteiger partial charge in [-0.05, 0) is 50.7 Å². The molecule has 0 saturated heterocycles. The van der Waals surface area contributed by atoms with Crippen molar-refractivity contribution in [2.24, 2.45) is 5.92 Å². The third-order valence-electron chi connectivity index (χ3n) is 7.75. The minimum atomic E-state index is -0.0905. The molecule has 1 saturated carbocycles. The number of nitrogens with two attached hydrogens (primary N) is 1. The van der Waals surface area contributed by atoms with Crippen LogP contribution in [0, 0.1) is 5.92 Å². The number of carbonyl (C=O) groups excluding carboxylic acids is 1. The number of nitrogens with one attached hydrogen (secondary N) is 2. The van der Waals surface area contributed by atoms with E-state index in [1.165, 1.54) is 0 Å². The first-order valence-corrected chi connectivity index (χ1v) is 13.7. The van der Waals surface area contributed by atoms with Gasteiger partial charge in [-0.3, -0.25) is 4.40 Å². The van der Waals surface area contributed by atoms with Gasteiger partial charge in [0.05, 0.1) is 11.2 Å². The number of carbonyl (C=O) groups is 1. The number of nitrogen functional groups attached to an aromatic ring is 1. The topological polar surface area (TPSA) is 110 Å². The molecule has 2 amide bonds.